The summed E-state index contributed by atoms with van der Waals surface area (Å²) in [5, 5.41) is 2.44. The molecule has 28 heavy (non-hydrogen) atoms. The predicted octanol–water partition coefficient (Wildman–Crippen LogP) is 3.29. The number of nitrogens with one attached hydrogen (secondary N) is 1. The lowest BCUT2D eigenvalue weighted by Crippen LogP contribution is -2.45. The van der Waals surface area contributed by atoms with Crippen LogP contribution in [0.2, 0.25) is 0 Å². The average molecular weight is 395 g/mol. The van der Waals surface area contributed by atoms with Crippen LogP contribution in [0.15, 0.2) is 54.6 Å². The largest absolute Gasteiger partial charge is 0.467 e. The first-order valence-corrected chi connectivity index (χ1v) is 8.39. The van der Waals surface area contributed by atoms with Crippen LogP contribution < -0.4 is 5.32 Å². The summed E-state index contributed by atoms with van der Waals surface area (Å²) in [6, 6.07) is 12.1. The summed E-state index contributed by atoms with van der Waals surface area (Å²) in [5.41, 5.74) is -0.453. The van der Waals surface area contributed by atoms with Crippen LogP contribution in [0.1, 0.15) is 22.8 Å². The molecule has 0 aliphatic heterocycles. The van der Waals surface area contributed by atoms with Crippen LogP contribution in [0.3, 0.4) is 0 Å². The number of ether oxygens (including phenoxy) is 2. The topological polar surface area (TPSA) is 64.6 Å². The number of halogens is 3. The van der Waals surface area contributed by atoms with E-state index >= 15 is 0 Å². The highest BCUT2D eigenvalue weighted by molar-refractivity contribution is 5.88. The van der Waals surface area contributed by atoms with E-state index in [1.807, 2.05) is 0 Å². The molecule has 2 atom stereocenters. The monoisotopic (exact) mass is 395 g/mol. The van der Waals surface area contributed by atoms with Crippen molar-refractivity contribution < 1.29 is 32.2 Å². The van der Waals surface area contributed by atoms with Gasteiger partial charge in [0.1, 0.15) is 6.04 Å². The summed E-state index contributed by atoms with van der Waals surface area (Å²) in [6.07, 6.45) is -5.98. The first-order valence-electron chi connectivity index (χ1n) is 8.39. The Morgan fingerprint density at radius 2 is 1.61 bits per heavy atom. The Morgan fingerprint density at radius 3 is 2.18 bits per heavy atom. The van der Waals surface area contributed by atoms with Crippen molar-refractivity contribution >= 4 is 11.9 Å². The van der Waals surface area contributed by atoms with Gasteiger partial charge in [-0.2, -0.15) is 13.2 Å². The van der Waals surface area contributed by atoms with E-state index in [9.17, 15) is 22.8 Å². The third-order valence-electron chi connectivity index (χ3n) is 4.13. The molecule has 0 bridgehead atoms. The summed E-state index contributed by atoms with van der Waals surface area (Å²) < 4.78 is 49.5. The molecule has 0 saturated carbocycles. The number of esters is 1. The lowest BCUT2D eigenvalue weighted by Gasteiger charge is -2.22. The molecule has 0 spiro atoms. The number of methoxy groups -OCH3 is 2. The van der Waals surface area contributed by atoms with Crippen molar-refractivity contribution in [2.45, 2.75) is 24.7 Å². The molecular formula is C20H20F3NO4. The maximum absolute atomic E-state index is 13.2. The molecular weight excluding hydrogens is 375 g/mol. The molecule has 0 radical (unpaired) electrons. The lowest BCUT2D eigenvalue weighted by atomic mass is 9.99. The number of amides is 1. The van der Waals surface area contributed by atoms with Gasteiger partial charge >= 0.3 is 12.1 Å². The fraction of sp³-hybridized carbons (Fsp3) is 0.300. The maximum atomic E-state index is 13.2. The number of rotatable bonds is 7. The number of hydrogen-bond donors (Lipinski definition) is 1. The van der Waals surface area contributed by atoms with Crippen LogP contribution in [0, 0.1) is 0 Å². The summed E-state index contributed by atoms with van der Waals surface area (Å²) in [6.45, 7) is 0. The standard InChI is InChI=1S/C20H20F3NO4/c1-27-17(13-8-4-3-5-9-13)18(25)24-16(19(26)28-2)12-14-10-6-7-11-15(14)20(21,22)23/h3-11,16-17H,12H2,1-2H3,(H,24,25)/t16-,17-/m0/s1. The molecule has 0 fully saturated rings. The fourth-order valence-corrected chi connectivity index (χ4v) is 2.80. The van der Waals surface area contributed by atoms with Crippen molar-refractivity contribution in [2.24, 2.45) is 0 Å². The van der Waals surface area contributed by atoms with E-state index in [0.717, 1.165) is 13.2 Å². The minimum absolute atomic E-state index is 0.126. The second-order valence-corrected chi connectivity index (χ2v) is 5.97. The molecule has 0 heterocycles. The number of benzene rings is 2. The van der Waals surface area contributed by atoms with Gasteiger partial charge in [-0.25, -0.2) is 4.79 Å². The average Bonchev–Trinajstić information content (AvgIpc) is 2.68. The van der Waals surface area contributed by atoms with Gasteiger partial charge in [-0.3, -0.25) is 4.79 Å². The molecule has 2 rings (SSSR count). The maximum Gasteiger partial charge on any atom is 0.416 e. The Bertz CT molecular complexity index is 809. The molecule has 2 aromatic rings. The van der Waals surface area contributed by atoms with Gasteiger partial charge in [0.15, 0.2) is 6.10 Å². The zero-order valence-electron chi connectivity index (χ0n) is 15.3. The molecule has 8 heteroatoms. The van der Waals surface area contributed by atoms with Crippen LogP contribution in [-0.4, -0.2) is 32.1 Å². The molecule has 5 nitrogen and oxygen atoms in total. The quantitative estimate of drug-likeness (QED) is 0.731. The van der Waals surface area contributed by atoms with Crippen molar-refractivity contribution in [2.75, 3.05) is 14.2 Å². The van der Waals surface area contributed by atoms with Gasteiger partial charge in [0.05, 0.1) is 12.7 Å². The smallest absolute Gasteiger partial charge is 0.416 e. The summed E-state index contributed by atoms with van der Waals surface area (Å²) in [4.78, 5) is 24.7. The second kappa shape index (κ2) is 9.36. The Balaban J connectivity index is 2.26. The Hall–Kier alpha value is -2.87. The Kier molecular flexibility index (Phi) is 7.17. The highest BCUT2D eigenvalue weighted by Crippen LogP contribution is 2.32. The van der Waals surface area contributed by atoms with Gasteiger partial charge in [-0.1, -0.05) is 48.5 Å². The minimum Gasteiger partial charge on any atom is -0.467 e. The molecule has 1 N–H and O–H groups in total. The first-order chi connectivity index (χ1) is 13.3. The predicted molar refractivity (Wildman–Crippen MR) is 95.3 cm³/mol. The highest BCUT2D eigenvalue weighted by atomic mass is 19.4. The van der Waals surface area contributed by atoms with Crippen molar-refractivity contribution in [3.8, 4) is 0 Å². The third-order valence-corrected chi connectivity index (χ3v) is 4.13. The summed E-state index contributed by atoms with van der Waals surface area (Å²) in [5.74, 6) is -1.51. The van der Waals surface area contributed by atoms with Crippen molar-refractivity contribution in [3.05, 3.63) is 71.3 Å². The first kappa shape index (κ1) is 21.4. The second-order valence-electron chi connectivity index (χ2n) is 5.97. The van der Waals surface area contributed by atoms with E-state index < -0.39 is 35.8 Å². The van der Waals surface area contributed by atoms with E-state index in [-0.39, 0.29) is 12.0 Å². The van der Waals surface area contributed by atoms with E-state index in [0.29, 0.717) is 5.56 Å². The zero-order valence-corrected chi connectivity index (χ0v) is 15.3. The SMILES string of the molecule is COC(=O)[C@H](Cc1ccccc1C(F)(F)F)NC(=O)[C@@H](OC)c1ccccc1. The van der Waals surface area contributed by atoms with Gasteiger partial charge in [0.2, 0.25) is 0 Å². The van der Waals surface area contributed by atoms with Crippen LogP contribution >= 0.6 is 0 Å². The van der Waals surface area contributed by atoms with Crippen LogP contribution in [-0.2, 0) is 31.7 Å². The van der Waals surface area contributed by atoms with Crippen LogP contribution in [0.25, 0.3) is 0 Å². The summed E-state index contributed by atoms with van der Waals surface area (Å²) >= 11 is 0. The Morgan fingerprint density at radius 1 is 1.00 bits per heavy atom. The van der Waals surface area contributed by atoms with Crippen molar-refractivity contribution in [3.63, 3.8) is 0 Å². The van der Waals surface area contributed by atoms with E-state index in [1.54, 1.807) is 30.3 Å². The van der Waals surface area contributed by atoms with Crippen LogP contribution in [0.4, 0.5) is 13.2 Å². The normalized spacial score (nSPS) is 13.5. The molecule has 150 valence electrons. The number of hydrogen-bond acceptors (Lipinski definition) is 4. The minimum atomic E-state index is -4.58. The number of carbonyl (C=O) groups excluding carboxylic acids is 2. The highest BCUT2D eigenvalue weighted by Gasteiger charge is 2.35. The van der Waals surface area contributed by atoms with Crippen molar-refractivity contribution in [1.82, 2.24) is 5.32 Å². The lowest BCUT2D eigenvalue weighted by molar-refractivity contribution is -0.147. The Labute approximate surface area is 160 Å². The molecule has 2 aromatic carbocycles. The van der Waals surface area contributed by atoms with E-state index in [2.05, 4.69) is 10.1 Å². The van der Waals surface area contributed by atoms with Crippen molar-refractivity contribution in [1.29, 1.82) is 0 Å². The van der Waals surface area contributed by atoms with Gasteiger partial charge in [-0.05, 0) is 17.2 Å². The molecule has 0 saturated heterocycles. The number of carbonyl (C=O) groups is 2. The third kappa shape index (κ3) is 5.32. The molecule has 0 aliphatic carbocycles. The van der Waals surface area contributed by atoms with E-state index in [4.69, 9.17) is 4.74 Å². The van der Waals surface area contributed by atoms with E-state index in [1.165, 1.54) is 25.3 Å². The van der Waals surface area contributed by atoms with Gasteiger partial charge in [0, 0.05) is 13.5 Å². The molecule has 1 amide bonds. The number of alkyl halides is 3. The summed E-state index contributed by atoms with van der Waals surface area (Å²) in [7, 11) is 2.42. The zero-order chi connectivity index (χ0) is 20.7. The molecule has 0 aromatic heterocycles. The molecule has 0 aliphatic rings. The van der Waals surface area contributed by atoms with Gasteiger partial charge in [-0.15, -0.1) is 0 Å². The molecule has 0 unspecified atom stereocenters. The fourth-order valence-electron chi connectivity index (χ4n) is 2.80. The van der Waals surface area contributed by atoms with Gasteiger partial charge < -0.3 is 14.8 Å². The van der Waals surface area contributed by atoms with Crippen LogP contribution in [0.5, 0.6) is 0 Å². The van der Waals surface area contributed by atoms with Gasteiger partial charge in [0.25, 0.3) is 5.91 Å².